The Labute approximate surface area is 184 Å². The number of nitrogens with one attached hydrogen (secondary N) is 1. The number of aromatic nitrogens is 2. The van der Waals surface area contributed by atoms with Crippen LogP contribution in [0, 0.1) is 6.92 Å². The van der Waals surface area contributed by atoms with Gasteiger partial charge in [-0.15, -0.1) is 10.2 Å². The van der Waals surface area contributed by atoms with Crippen LogP contribution in [0.25, 0.3) is 34.0 Å². The van der Waals surface area contributed by atoms with Gasteiger partial charge in [-0.05, 0) is 53.4 Å². The molecule has 0 fully saturated rings. The average molecular weight is 434 g/mol. The number of hydrogen-bond donors (Lipinski definition) is 2. The molecule has 1 heterocycles. The SMILES string of the molecule is Cc1c(-c2ccccc2)cccc1-c1nnc(-c2ccc(Cl)c(CNCC(=O)O)c2)o1. The van der Waals surface area contributed by atoms with Gasteiger partial charge in [-0.3, -0.25) is 4.79 Å². The van der Waals surface area contributed by atoms with Crippen LogP contribution in [-0.4, -0.2) is 27.8 Å². The van der Waals surface area contributed by atoms with E-state index >= 15 is 0 Å². The highest BCUT2D eigenvalue weighted by Crippen LogP contribution is 2.33. The van der Waals surface area contributed by atoms with Crippen LogP contribution in [0.1, 0.15) is 11.1 Å². The molecule has 7 heteroatoms. The Balaban J connectivity index is 1.63. The largest absolute Gasteiger partial charge is 0.480 e. The Morgan fingerprint density at radius 3 is 2.48 bits per heavy atom. The van der Waals surface area contributed by atoms with E-state index in [0.717, 1.165) is 27.8 Å². The Morgan fingerprint density at radius 1 is 0.968 bits per heavy atom. The first-order chi connectivity index (χ1) is 15.0. The summed E-state index contributed by atoms with van der Waals surface area (Å²) in [5.41, 5.74) is 5.62. The zero-order chi connectivity index (χ0) is 21.8. The fourth-order valence-electron chi connectivity index (χ4n) is 3.39. The van der Waals surface area contributed by atoms with E-state index in [9.17, 15) is 4.79 Å². The van der Waals surface area contributed by atoms with Crippen LogP contribution in [0.5, 0.6) is 0 Å². The first-order valence-electron chi connectivity index (χ1n) is 9.73. The molecule has 1 aromatic heterocycles. The highest BCUT2D eigenvalue weighted by molar-refractivity contribution is 6.31. The van der Waals surface area contributed by atoms with Crippen LogP contribution in [-0.2, 0) is 11.3 Å². The summed E-state index contributed by atoms with van der Waals surface area (Å²) in [7, 11) is 0. The molecule has 3 aromatic carbocycles. The zero-order valence-electron chi connectivity index (χ0n) is 16.8. The van der Waals surface area contributed by atoms with Crippen LogP contribution in [0.2, 0.25) is 5.02 Å². The normalized spacial score (nSPS) is 10.9. The number of halogens is 1. The van der Waals surface area contributed by atoms with E-state index in [0.29, 0.717) is 28.9 Å². The summed E-state index contributed by atoms with van der Waals surface area (Å²) in [6.45, 7) is 2.20. The lowest BCUT2D eigenvalue weighted by molar-refractivity contribution is -0.135. The number of carbonyl (C=O) groups is 1. The molecule has 31 heavy (non-hydrogen) atoms. The molecule has 0 amide bonds. The van der Waals surface area contributed by atoms with E-state index < -0.39 is 5.97 Å². The molecule has 0 aliphatic carbocycles. The van der Waals surface area contributed by atoms with E-state index in [-0.39, 0.29) is 6.54 Å². The molecule has 0 radical (unpaired) electrons. The molecule has 0 atom stereocenters. The third-order valence-electron chi connectivity index (χ3n) is 4.96. The molecule has 156 valence electrons. The molecule has 4 rings (SSSR count). The molecular formula is C24H20ClN3O3. The second-order valence-electron chi connectivity index (χ2n) is 7.06. The average Bonchev–Trinajstić information content (AvgIpc) is 3.25. The fourth-order valence-corrected chi connectivity index (χ4v) is 3.58. The molecule has 0 saturated carbocycles. The van der Waals surface area contributed by atoms with E-state index in [1.807, 2.05) is 43.3 Å². The second kappa shape index (κ2) is 9.12. The monoisotopic (exact) mass is 433 g/mol. The Morgan fingerprint density at radius 2 is 1.71 bits per heavy atom. The van der Waals surface area contributed by atoms with Crippen molar-refractivity contribution in [2.45, 2.75) is 13.5 Å². The van der Waals surface area contributed by atoms with Crippen LogP contribution < -0.4 is 5.32 Å². The van der Waals surface area contributed by atoms with Crippen molar-refractivity contribution in [3.05, 3.63) is 82.9 Å². The lowest BCUT2D eigenvalue weighted by atomic mass is 9.96. The van der Waals surface area contributed by atoms with Gasteiger partial charge in [0.2, 0.25) is 11.8 Å². The van der Waals surface area contributed by atoms with Crippen molar-refractivity contribution in [1.29, 1.82) is 0 Å². The van der Waals surface area contributed by atoms with Gasteiger partial charge in [0, 0.05) is 22.7 Å². The topological polar surface area (TPSA) is 88.2 Å². The van der Waals surface area contributed by atoms with Crippen LogP contribution in [0.15, 0.2) is 71.1 Å². The second-order valence-corrected chi connectivity index (χ2v) is 7.47. The standard InChI is InChI=1S/C24H20ClN3O3/c1-15-19(16-6-3-2-4-7-16)8-5-9-20(15)24-28-27-23(31-24)17-10-11-21(25)18(12-17)13-26-14-22(29)30/h2-12,26H,13-14H2,1H3,(H,29,30). The maximum absolute atomic E-state index is 10.7. The number of rotatable bonds is 7. The fraction of sp³-hybridized carbons (Fsp3) is 0.125. The van der Waals surface area contributed by atoms with Crippen molar-refractivity contribution in [2.24, 2.45) is 0 Å². The number of hydrogen-bond acceptors (Lipinski definition) is 5. The van der Waals surface area contributed by atoms with Gasteiger partial charge in [0.25, 0.3) is 0 Å². The van der Waals surface area contributed by atoms with E-state index in [2.05, 4.69) is 33.7 Å². The number of aliphatic carboxylic acids is 1. The zero-order valence-corrected chi connectivity index (χ0v) is 17.6. The first kappa shape index (κ1) is 20.8. The first-order valence-corrected chi connectivity index (χ1v) is 10.1. The molecule has 0 aliphatic rings. The molecule has 0 unspecified atom stereocenters. The summed E-state index contributed by atoms with van der Waals surface area (Å²) in [5, 5.41) is 20.6. The molecule has 6 nitrogen and oxygen atoms in total. The number of nitrogens with zero attached hydrogens (tertiary/aromatic N) is 2. The van der Waals surface area contributed by atoms with Gasteiger partial charge < -0.3 is 14.8 Å². The molecule has 2 N–H and O–H groups in total. The summed E-state index contributed by atoms with van der Waals surface area (Å²) in [5.74, 6) is -0.122. The molecule has 0 bridgehead atoms. The minimum atomic E-state index is -0.929. The highest BCUT2D eigenvalue weighted by atomic mass is 35.5. The predicted molar refractivity (Wildman–Crippen MR) is 120 cm³/mol. The number of carboxylic acid groups (broad SMARTS) is 1. The molecule has 0 spiro atoms. The lowest BCUT2D eigenvalue weighted by Gasteiger charge is -2.09. The van der Waals surface area contributed by atoms with E-state index in [1.54, 1.807) is 12.1 Å². The van der Waals surface area contributed by atoms with Gasteiger partial charge in [0.1, 0.15) is 0 Å². The summed E-state index contributed by atoms with van der Waals surface area (Å²) in [4.78, 5) is 10.7. The molecule has 4 aromatic rings. The minimum Gasteiger partial charge on any atom is -0.480 e. The maximum Gasteiger partial charge on any atom is 0.317 e. The molecule has 0 aliphatic heterocycles. The quantitative estimate of drug-likeness (QED) is 0.416. The summed E-state index contributed by atoms with van der Waals surface area (Å²) in [6, 6.07) is 21.5. The minimum absolute atomic E-state index is 0.151. The van der Waals surface area contributed by atoms with Crippen molar-refractivity contribution >= 4 is 17.6 Å². The van der Waals surface area contributed by atoms with Crippen molar-refractivity contribution < 1.29 is 14.3 Å². The number of carboxylic acids is 1. The summed E-state index contributed by atoms with van der Waals surface area (Å²) >= 11 is 6.24. The van der Waals surface area contributed by atoms with Gasteiger partial charge in [0.05, 0.1) is 6.54 Å². The van der Waals surface area contributed by atoms with Crippen LogP contribution in [0.3, 0.4) is 0 Å². The Hall–Kier alpha value is -3.48. The van der Waals surface area contributed by atoms with Gasteiger partial charge in [-0.25, -0.2) is 0 Å². The number of benzene rings is 3. The van der Waals surface area contributed by atoms with Crippen molar-refractivity contribution in [2.75, 3.05) is 6.54 Å². The third-order valence-corrected chi connectivity index (χ3v) is 5.33. The third kappa shape index (κ3) is 4.66. The van der Waals surface area contributed by atoms with Crippen molar-refractivity contribution in [3.63, 3.8) is 0 Å². The van der Waals surface area contributed by atoms with Gasteiger partial charge in [-0.1, -0.05) is 54.1 Å². The van der Waals surface area contributed by atoms with E-state index in [4.69, 9.17) is 21.1 Å². The predicted octanol–water partition coefficient (Wildman–Crippen LogP) is 5.21. The lowest BCUT2D eigenvalue weighted by Crippen LogP contribution is -2.22. The van der Waals surface area contributed by atoms with Crippen molar-refractivity contribution in [3.8, 4) is 34.0 Å². The smallest absolute Gasteiger partial charge is 0.317 e. The van der Waals surface area contributed by atoms with Gasteiger partial charge >= 0.3 is 5.97 Å². The Bertz CT molecular complexity index is 1220. The summed E-state index contributed by atoms with van der Waals surface area (Å²) in [6.07, 6.45) is 0. The van der Waals surface area contributed by atoms with Crippen LogP contribution in [0.4, 0.5) is 0 Å². The molecule has 0 saturated heterocycles. The highest BCUT2D eigenvalue weighted by Gasteiger charge is 2.16. The van der Waals surface area contributed by atoms with Crippen LogP contribution >= 0.6 is 11.6 Å². The summed E-state index contributed by atoms with van der Waals surface area (Å²) < 4.78 is 5.99. The maximum atomic E-state index is 10.7. The molecular weight excluding hydrogens is 414 g/mol. The van der Waals surface area contributed by atoms with Gasteiger partial charge in [0.15, 0.2) is 0 Å². The van der Waals surface area contributed by atoms with E-state index in [1.165, 1.54) is 0 Å². The van der Waals surface area contributed by atoms with Crippen molar-refractivity contribution in [1.82, 2.24) is 15.5 Å². The van der Waals surface area contributed by atoms with Gasteiger partial charge in [-0.2, -0.15) is 0 Å². The Kier molecular flexibility index (Phi) is 6.11.